The van der Waals surface area contributed by atoms with Gasteiger partial charge in [-0.15, -0.1) is 0 Å². The Kier molecular flexibility index (Phi) is 1.62. The van der Waals surface area contributed by atoms with Gasteiger partial charge in [0.1, 0.15) is 11.6 Å². The maximum Gasteiger partial charge on any atom is 0.232 e. The van der Waals surface area contributed by atoms with Crippen LogP contribution in [0, 0.1) is 0 Å². The molecule has 0 unspecified atom stereocenters. The maximum absolute atomic E-state index is 11.1. The molecule has 0 saturated heterocycles. The minimum absolute atomic E-state index is 0.0408. The van der Waals surface area contributed by atoms with Gasteiger partial charge < -0.3 is 4.74 Å². The van der Waals surface area contributed by atoms with Crippen LogP contribution in [-0.2, 0) is 11.3 Å². The number of hydrogen-bond acceptors (Lipinski definition) is 3. The summed E-state index contributed by atoms with van der Waals surface area (Å²) in [5.41, 5.74) is 0.899. The van der Waals surface area contributed by atoms with E-state index in [1.54, 1.807) is 4.68 Å². The number of halogens is 1. The van der Waals surface area contributed by atoms with Gasteiger partial charge in [0.05, 0.1) is 5.69 Å². The highest BCUT2D eigenvalue weighted by atomic mass is 35.5. The number of carbonyl (C=O) groups is 1. The highest BCUT2D eigenvalue weighted by Crippen LogP contribution is 2.45. The lowest BCUT2D eigenvalue weighted by Gasteiger charge is -2.13. The van der Waals surface area contributed by atoms with Crippen LogP contribution >= 0.6 is 11.6 Å². The lowest BCUT2D eigenvalue weighted by molar-refractivity contribution is -0.123. The van der Waals surface area contributed by atoms with E-state index in [9.17, 15) is 4.79 Å². The fraction of sp³-hybridized carbons (Fsp3) is 0.556. The zero-order valence-corrected chi connectivity index (χ0v) is 8.25. The fourth-order valence-corrected chi connectivity index (χ4v) is 2.01. The van der Waals surface area contributed by atoms with Crippen molar-refractivity contribution < 1.29 is 9.53 Å². The van der Waals surface area contributed by atoms with Gasteiger partial charge in [0.15, 0.2) is 12.4 Å². The van der Waals surface area contributed by atoms with Crippen LogP contribution in [-0.4, -0.2) is 22.2 Å². The van der Waals surface area contributed by atoms with E-state index >= 15 is 0 Å². The maximum atomic E-state index is 11.1. The molecular weight excluding hydrogens is 204 g/mol. The van der Waals surface area contributed by atoms with E-state index in [-0.39, 0.29) is 12.4 Å². The van der Waals surface area contributed by atoms with Gasteiger partial charge >= 0.3 is 0 Å². The highest BCUT2D eigenvalue weighted by Gasteiger charge is 2.33. The van der Waals surface area contributed by atoms with Crippen molar-refractivity contribution in [3.63, 3.8) is 0 Å². The minimum Gasteiger partial charge on any atom is -0.469 e. The Balaban J connectivity index is 2.05. The van der Waals surface area contributed by atoms with Crippen molar-refractivity contribution >= 4 is 17.4 Å². The van der Waals surface area contributed by atoms with Crippen molar-refractivity contribution in [2.24, 2.45) is 0 Å². The number of ether oxygens (including phenoxy) is 1. The molecule has 14 heavy (non-hydrogen) atoms. The molecule has 5 heteroatoms. The molecule has 0 amide bonds. The third-order valence-corrected chi connectivity index (χ3v) is 2.89. The molecule has 0 N–H and O–H groups in total. The van der Waals surface area contributed by atoms with Crippen molar-refractivity contribution in [3.05, 3.63) is 10.7 Å². The third-order valence-electron chi connectivity index (χ3n) is 2.54. The van der Waals surface area contributed by atoms with Crippen LogP contribution in [0.15, 0.2) is 0 Å². The molecule has 1 aliphatic heterocycles. The Hall–Kier alpha value is -1.03. The summed E-state index contributed by atoms with van der Waals surface area (Å²) in [4.78, 5) is 11.1. The number of ketones is 1. The molecule has 0 radical (unpaired) electrons. The first-order chi connectivity index (χ1) is 6.75. The van der Waals surface area contributed by atoms with Gasteiger partial charge in [0.2, 0.25) is 5.88 Å². The second-order valence-electron chi connectivity index (χ2n) is 3.76. The summed E-state index contributed by atoms with van der Waals surface area (Å²) in [6.45, 7) is 0.414. The summed E-state index contributed by atoms with van der Waals surface area (Å²) in [5, 5.41) is 4.90. The van der Waals surface area contributed by atoms with Crippen molar-refractivity contribution in [1.82, 2.24) is 9.78 Å². The Morgan fingerprint density at radius 3 is 3.00 bits per heavy atom. The number of carbonyl (C=O) groups excluding carboxylic acids is 1. The lowest BCUT2D eigenvalue weighted by atomic mass is 10.3. The molecule has 1 aliphatic carbocycles. The Morgan fingerprint density at radius 2 is 2.29 bits per heavy atom. The van der Waals surface area contributed by atoms with E-state index in [1.165, 1.54) is 0 Å². The van der Waals surface area contributed by atoms with Gasteiger partial charge in [0, 0.05) is 5.92 Å². The third kappa shape index (κ3) is 1.14. The van der Waals surface area contributed by atoms with Gasteiger partial charge in [-0.2, -0.15) is 5.10 Å². The monoisotopic (exact) mass is 212 g/mol. The SMILES string of the molecule is O=C1COc2c(Cl)c(C3CC3)nn2C1. The molecule has 0 bridgehead atoms. The van der Waals surface area contributed by atoms with Crippen molar-refractivity contribution in [1.29, 1.82) is 0 Å². The Labute approximate surface area is 85.8 Å². The van der Waals surface area contributed by atoms with E-state index in [4.69, 9.17) is 16.3 Å². The molecule has 0 atom stereocenters. The van der Waals surface area contributed by atoms with E-state index < -0.39 is 0 Å². The Bertz CT molecular complexity index is 409. The summed E-state index contributed by atoms with van der Waals surface area (Å²) < 4.78 is 6.82. The number of nitrogens with zero attached hydrogens (tertiary/aromatic N) is 2. The van der Waals surface area contributed by atoms with Crippen LogP contribution in [0.5, 0.6) is 5.88 Å². The Morgan fingerprint density at radius 1 is 1.50 bits per heavy atom. The standard InChI is InChI=1S/C9H9ClN2O2/c10-7-8(5-1-2-5)11-12-3-6(13)4-14-9(7)12/h5H,1-4H2. The van der Waals surface area contributed by atoms with E-state index in [2.05, 4.69) is 5.10 Å². The molecule has 74 valence electrons. The van der Waals surface area contributed by atoms with E-state index in [0.717, 1.165) is 18.5 Å². The summed E-state index contributed by atoms with van der Waals surface area (Å²) in [7, 11) is 0. The lowest BCUT2D eigenvalue weighted by Crippen LogP contribution is -2.25. The molecule has 4 nitrogen and oxygen atoms in total. The average molecular weight is 213 g/mol. The predicted molar refractivity (Wildman–Crippen MR) is 49.7 cm³/mol. The second kappa shape index (κ2) is 2.73. The molecule has 3 rings (SSSR count). The van der Waals surface area contributed by atoms with Gasteiger partial charge in [0.25, 0.3) is 0 Å². The number of rotatable bonds is 1. The quantitative estimate of drug-likeness (QED) is 0.707. The summed E-state index contributed by atoms with van der Waals surface area (Å²) in [5.74, 6) is 1.09. The zero-order chi connectivity index (χ0) is 9.71. The number of aromatic nitrogens is 2. The van der Waals surface area contributed by atoms with Crippen LogP contribution in [0.3, 0.4) is 0 Å². The minimum atomic E-state index is 0.0408. The molecule has 0 spiro atoms. The number of Topliss-reactive ketones (excluding diaryl/α,β-unsaturated/α-hetero) is 1. The normalized spacial score (nSPS) is 20.5. The van der Waals surface area contributed by atoms with Crippen molar-refractivity contribution in [3.8, 4) is 5.88 Å². The average Bonchev–Trinajstić information content (AvgIpc) is 2.93. The van der Waals surface area contributed by atoms with E-state index in [0.29, 0.717) is 23.4 Å². The first kappa shape index (κ1) is 8.29. The van der Waals surface area contributed by atoms with Crippen molar-refractivity contribution in [2.75, 3.05) is 6.61 Å². The predicted octanol–water partition coefficient (Wildman–Crippen LogP) is 1.38. The van der Waals surface area contributed by atoms with Crippen LogP contribution < -0.4 is 4.74 Å². The summed E-state index contributed by atoms with van der Waals surface area (Å²) in [6.07, 6.45) is 2.29. The molecule has 2 aliphatic rings. The fourth-order valence-electron chi connectivity index (χ4n) is 1.67. The first-order valence-electron chi connectivity index (χ1n) is 4.66. The largest absolute Gasteiger partial charge is 0.469 e. The number of fused-ring (bicyclic) bond motifs is 1. The van der Waals surface area contributed by atoms with Crippen LogP contribution in [0.4, 0.5) is 0 Å². The van der Waals surface area contributed by atoms with Crippen molar-refractivity contribution in [2.45, 2.75) is 25.3 Å². The number of hydrogen-bond donors (Lipinski definition) is 0. The zero-order valence-electron chi connectivity index (χ0n) is 7.49. The van der Waals surface area contributed by atoms with Crippen LogP contribution in [0.2, 0.25) is 5.02 Å². The smallest absolute Gasteiger partial charge is 0.232 e. The molecule has 0 aromatic carbocycles. The van der Waals surface area contributed by atoms with Crippen LogP contribution in [0.25, 0.3) is 0 Å². The summed E-state index contributed by atoms with van der Waals surface area (Å²) in [6, 6.07) is 0. The molecule has 1 fully saturated rings. The summed E-state index contributed by atoms with van der Waals surface area (Å²) >= 11 is 6.11. The van der Waals surface area contributed by atoms with Gasteiger partial charge in [-0.3, -0.25) is 4.79 Å². The van der Waals surface area contributed by atoms with E-state index in [1.807, 2.05) is 0 Å². The van der Waals surface area contributed by atoms with Gasteiger partial charge in [-0.25, -0.2) is 4.68 Å². The van der Waals surface area contributed by atoms with Crippen LogP contribution in [0.1, 0.15) is 24.5 Å². The highest BCUT2D eigenvalue weighted by molar-refractivity contribution is 6.32. The molecular formula is C9H9ClN2O2. The first-order valence-corrected chi connectivity index (χ1v) is 5.04. The van der Waals surface area contributed by atoms with Gasteiger partial charge in [-0.1, -0.05) is 11.6 Å². The second-order valence-corrected chi connectivity index (χ2v) is 4.14. The molecule has 1 aromatic heterocycles. The molecule has 1 saturated carbocycles. The molecule has 2 heterocycles. The molecule has 1 aromatic rings. The van der Waals surface area contributed by atoms with Gasteiger partial charge in [-0.05, 0) is 12.8 Å². The topological polar surface area (TPSA) is 44.1 Å².